The van der Waals surface area contributed by atoms with Crippen LogP contribution < -0.4 is 11.1 Å². The van der Waals surface area contributed by atoms with Gasteiger partial charge in [-0.15, -0.1) is 0 Å². The van der Waals surface area contributed by atoms with Crippen molar-refractivity contribution in [2.24, 2.45) is 11.7 Å². The Labute approximate surface area is 104 Å². The topological polar surface area (TPSA) is 64.3 Å². The van der Waals surface area contributed by atoms with Gasteiger partial charge in [-0.05, 0) is 45.4 Å². The van der Waals surface area contributed by atoms with Crippen LogP contribution in [0.2, 0.25) is 0 Å². The SMILES string of the molecule is COC(C)(C)CNC(=O)CC1CCC(N)CC1. The Hall–Kier alpha value is -0.610. The van der Waals surface area contributed by atoms with Crippen molar-refractivity contribution in [2.75, 3.05) is 13.7 Å². The highest BCUT2D eigenvalue weighted by molar-refractivity contribution is 5.76. The maximum absolute atomic E-state index is 11.8. The fourth-order valence-corrected chi connectivity index (χ4v) is 2.11. The summed E-state index contributed by atoms with van der Waals surface area (Å²) in [7, 11) is 1.66. The second kappa shape index (κ2) is 6.36. The third kappa shape index (κ3) is 5.50. The fourth-order valence-electron chi connectivity index (χ4n) is 2.11. The second-order valence-electron chi connectivity index (χ2n) is 5.73. The van der Waals surface area contributed by atoms with Crippen LogP contribution in [-0.4, -0.2) is 31.2 Å². The summed E-state index contributed by atoms with van der Waals surface area (Å²) in [6, 6.07) is 0.349. The largest absolute Gasteiger partial charge is 0.377 e. The van der Waals surface area contributed by atoms with Crippen molar-refractivity contribution in [2.45, 2.75) is 57.6 Å². The first-order valence-electron chi connectivity index (χ1n) is 6.50. The zero-order valence-electron chi connectivity index (χ0n) is 11.3. The quantitative estimate of drug-likeness (QED) is 0.766. The van der Waals surface area contributed by atoms with Gasteiger partial charge >= 0.3 is 0 Å². The van der Waals surface area contributed by atoms with Crippen molar-refractivity contribution in [3.63, 3.8) is 0 Å². The van der Waals surface area contributed by atoms with Crippen molar-refractivity contribution in [3.8, 4) is 0 Å². The summed E-state index contributed by atoms with van der Waals surface area (Å²) in [6.45, 7) is 4.49. The molecular weight excluding hydrogens is 216 g/mol. The first-order valence-corrected chi connectivity index (χ1v) is 6.50. The Morgan fingerprint density at radius 1 is 1.35 bits per heavy atom. The van der Waals surface area contributed by atoms with Gasteiger partial charge in [0.15, 0.2) is 0 Å². The standard InChI is InChI=1S/C13H26N2O2/c1-13(2,17-3)9-15-12(16)8-10-4-6-11(14)7-5-10/h10-11H,4-9,14H2,1-3H3,(H,15,16). The normalized spacial score (nSPS) is 25.6. The zero-order chi connectivity index (χ0) is 12.9. The molecule has 1 saturated carbocycles. The van der Waals surface area contributed by atoms with E-state index in [4.69, 9.17) is 10.5 Å². The molecule has 0 aromatic heterocycles. The Morgan fingerprint density at radius 2 is 1.94 bits per heavy atom. The number of nitrogens with two attached hydrogens (primary N) is 1. The van der Waals surface area contributed by atoms with E-state index in [0.29, 0.717) is 24.9 Å². The van der Waals surface area contributed by atoms with Crippen LogP contribution in [0.15, 0.2) is 0 Å². The Balaban J connectivity index is 2.21. The number of methoxy groups -OCH3 is 1. The van der Waals surface area contributed by atoms with Crippen LogP contribution in [0.25, 0.3) is 0 Å². The molecule has 100 valence electrons. The number of ether oxygens (including phenoxy) is 1. The molecule has 1 rings (SSSR count). The van der Waals surface area contributed by atoms with Crippen LogP contribution in [-0.2, 0) is 9.53 Å². The summed E-state index contributed by atoms with van der Waals surface area (Å²) in [4.78, 5) is 11.8. The number of carbonyl (C=O) groups excluding carboxylic acids is 1. The molecule has 0 heterocycles. The Kier molecular flexibility index (Phi) is 5.40. The molecule has 0 aromatic carbocycles. The van der Waals surface area contributed by atoms with Gasteiger partial charge in [0.05, 0.1) is 5.60 Å². The molecule has 3 N–H and O–H groups in total. The minimum atomic E-state index is -0.287. The molecule has 0 radical (unpaired) electrons. The number of rotatable bonds is 5. The van der Waals surface area contributed by atoms with Crippen LogP contribution in [0.1, 0.15) is 46.0 Å². The summed E-state index contributed by atoms with van der Waals surface area (Å²) in [6.07, 6.45) is 4.92. The molecule has 0 unspecified atom stereocenters. The molecular formula is C13H26N2O2. The number of carbonyl (C=O) groups is 1. The Morgan fingerprint density at radius 3 is 2.47 bits per heavy atom. The minimum Gasteiger partial charge on any atom is -0.377 e. The lowest BCUT2D eigenvalue weighted by atomic mass is 9.84. The monoisotopic (exact) mass is 242 g/mol. The van der Waals surface area contributed by atoms with Gasteiger partial charge in [0.2, 0.25) is 5.91 Å². The zero-order valence-corrected chi connectivity index (χ0v) is 11.3. The van der Waals surface area contributed by atoms with Crippen LogP contribution in [0, 0.1) is 5.92 Å². The molecule has 1 fully saturated rings. The van der Waals surface area contributed by atoms with Crippen molar-refractivity contribution < 1.29 is 9.53 Å². The third-order valence-electron chi connectivity index (χ3n) is 3.63. The van der Waals surface area contributed by atoms with Gasteiger partial charge in [-0.3, -0.25) is 4.79 Å². The predicted octanol–water partition coefficient (Wildman–Crippen LogP) is 1.44. The van der Waals surface area contributed by atoms with Gasteiger partial charge in [0.1, 0.15) is 0 Å². The molecule has 0 atom stereocenters. The first-order chi connectivity index (χ1) is 7.93. The van der Waals surface area contributed by atoms with Crippen LogP contribution in [0.5, 0.6) is 0 Å². The van der Waals surface area contributed by atoms with E-state index >= 15 is 0 Å². The van der Waals surface area contributed by atoms with Crippen molar-refractivity contribution in [1.82, 2.24) is 5.32 Å². The minimum absolute atomic E-state index is 0.135. The first kappa shape index (κ1) is 14.5. The van der Waals surface area contributed by atoms with E-state index in [1.807, 2.05) is 13.8 Å². The second-order valence-corrected chi connectivity index (χ2v) is 5.73. The average molecular weight is 242 g/mol. The molecule has 4 heteroatoms. The van der Waals surface area contributed by atoms with E-state index in [9.17, 15) is 4.79 Å². The molecule has 0 aromatic rings. The van der Waals surface area contributed by atoms with Crippen LogP contribution >= 0.6 is 0 Å². The lowest BCUT2D eigenvalue weighted by Gasteiger charge is -2.27. The highest BCUT2D eigenvalue weighted by Gasteiger charge is 2.22. The van der Waals surface area contributed by atoms with E-state index in [1.54, 1.807) is 7.11 Å². The highest BCUT2D eigenvalue weighted by atomic mass is 16.5. The fraction of sp³-hybridized carbons (Fsp3) is 0.923. The van der Waals surface area contributed by atoms with Crippen molar-refractivity contribution >= 4 is 5.91 Å². The molecule has 0 aliphatic heterocycles. The van der Waals surface area contributed by atoms with Gasteiger partial charge < -0.3 is 15.8 Å². The predicted molar refractivity (Wildman–Crippen MR) is 68.6 cm³/mol. The maximum Gasteiger partial charge on any atom is 0.220 e. The van der Waals surface area contributed by atoms with E-state index in [2.05, 4.69) is 5.32 Å². The molecule has 0 bridgehead atoms. The number of hydrogen-bond donors (Lipinski definition) is 2. The molecule has 1 aliphatic carbocycles. The maximum atomic E-state index is 11.8. The molecule has 1 aliphatic rings. The van der Waals surface area contributed by atoms with Crippen LogP contribution in [0.3, 0.4) is 0 Å². The van der Waals surface area contributed by atoms with E-state index in [0.717, 1.165) is 25.7 Å². The summed E-state index contributed by atoms with van der Waals surface area (Å²) in [5.74, 6) is 0.649. The van der Waals surface area contributed by atoms with Gasteiger partial charge in [-0.2, -0.15) is 0 Å². The van der Waals surface area contributed by atoms with Gasteiger partial charge in [-0.25, -0.2) is 0 Å². The Bertz CT molecular complexity index is 246. The summed E-state index contributed by atoms with van der Waals surface area (Å²) in [5, 5.41) is 2.94. The lowest BCUT2D eigenvalue weighted by Crippen LogP contribution is -2.40. The van der Waals surface area contributed by atoms with Gasteiger partial charge in [0, 0.05) is 26.1 Å². The van der Waals surface area contributed by atoms with E-state index in [1.165, 1.54) is 0 Å². The molecule has 0 saturated heterocycles. The van der Waals surface area contributed by atoms with Gasteiger partial charge in [-0.1, -0.05) is 0 Å². The summed E-state index contributed by atoms with van der Waals surface area (Å²) in [5.41, 5.74) is 5.56. The lowest BCUT2D eigenvalue weighted by molar-refractivity contribution is -0.123. The average Bonchev–Trinajstić information content (AvgIpc) is 2.30. The number of hydrogen-bond acceptors (Lipinski definition) is 3. The highest BCUT2D eigenvalue weighted by Crippen LogP contribution is 2.25. The molecule has 1 amide bonds. The van der Waals surface area contributed by atoms with Crippen LogP contribution in [0.4, 0.5) is 0 Å². The van der Waals surface area contributed by atoms with E-state index in [-0.39, 0.29) is 11.5 Å². The summed E-state index contributed by atoms with van der Waals surface area (Å²) < 4.78 is 5.26. The van der Waals surface area contributed by atoms with E-state index < -0.39 is 0 Å². The van der Waals surface area contributed by atoms with Crippen molar-refractivity contribution in [3.05, 3.63) is 0 Å². The number of nitrogens with one attached hydrogen (secondary N) is 1. The molecule has 0 spiro atoms. The van der Waals surface area contributed by atoms with Crippen molar-refractivity contribution in [1.29, 1.82) is 0 Å². The van der Waals surface area contributed by atoms with Gasteiger partial charge in [0.25, 0.3) is 0 Å². The molecule has 17 heavy (non-hydrogen) atoms. The molecule has 4 nitrogen and oxygen atoms in total. The third-order valence-corrected chi connectivity index (χ3v) is 3.63. The summed E-state index contributed by atoms with van der Waals surface area (Å²) >= 11 is 0. The number of amides is 1. The smallest absolute Gasteiger partial charge is 0.220 e.